The van der Waals surface area contributed by atoms with E-state index in [0.717, 1.165) is 13.1 Å². The van der Waals surface area contributed by atoms with Gasteiger partial charge in [-0.25, -0.2) is 9.97 Å². The Hall–Kier alpha value is -1.16. The first-order valence-electron chi connectivity index (χ1n) is 5.30. The van der Waals surface area contributed by atoms with Crippen molar-refractivity contribution in [1.82, 2.24) is 9.97 Å². The van der Waals surface area contributed by atoms with Gasteiger partial charge >= 0.3 is 0 Å². The Kier molecular flexibility index (Phi) is 4.68. The Balaban J connectivity index is 3.08. The first-order valence-corrected chi connectivity index (χ1v) is 5.68. The zero-order chi connectivity index (χ0) is 12.1. The van der Waals surface area contributed by atoms with E-state index < -0.39 is 0 Å². The molecule has 0 spiro atoms. The van der Waals surface area contributed by atoms with Gasteiger partial charge in [0.05, 0.1) is 5.56 Å². The molecule has 0 atom stereocenters. The molecule has 88 valence electrons. The van der Waals surface area contributed by atoms with Gasteiger partial charge in [-0.2, -0.15) is 0 Å². The Bertz CT molecular complexity index is 368. The van der Waals surface area contributed by atoms with Gasteiger partial charge in [-0.05, 0) is 12.8 Å². The van der Waals surface area contributed by atoms with Gasteiger partial charge in [0.2, 0.25) is 0 Å². The zero-order valence-electron chi connectivity index (χ0n) is 9.77. The second kappa shape index (κ2) is 5.80. The van der Waals surface area contributed by atoms with Crippen LogP contribution in [0, 0.1) is 5.92 Å². The van der Waals surface area contributed by atoms with E-state index in [-0.39, 0.29) is 5.15 Å². The normalized spacial score (nSPS) is 10.6. The highest BCUT2D eigenvalue weighted by Gasteiger charge is 2.15. The molecule has 0 unspecified atom stereocenters. The van der Waals surface area contributed by atoms with Crippen LogP contribution in [0.5, 0.6) is 0 Å². The number of hydrogen-bond acceptors (Lipinski definition) is 4. The van der Waals surface area contributed by atoms with Crippen LogP contribution >= 0.6 is 11.6 Å². The number of anilines is 1. The molecule has 0 aromatic carbocycles. The maximum absolute atomic E-state index is 11.0. The summed E-state index contributed by atoms with van der Waals surface area (Å²) in [6, 6.07) is 0. The van der Waals surface area contributed by atoms with Crippen molar-refractivity contribution in [2.45, 2.75) is 20.8 Å². The lowest BCUT2D eigenvalue weighted by Gasteiger charge is -2.24. The summed E-state index contributed by atoms with van der Waals surface area (Å²) < 4.78 is 0. The van der Waals surface area contributed by atoms with Crippen LogP contribution < -0.4 is 4.90 Å². The van der Waals surface area contributed by atoms with Crippen molar-refractivity contribution in [2.75, 3.05) is 18.0 Å². The Morgan fingerprint density at radius 3 is 2.69 bits per heavy atom. The fourth-order valence-corrected chi connectivity index (χ4v) is 1.70. The molecular weight excluding hydrogens is 226 g/mol. The first kappa shape index (κ1) is 12.9. The van der Waals surface area contributed by atoms with E-state index in [2.05, 4.69) is 23.8 Å². The summed E-state index contributed by atoms with van der Waals surface area (Å²) in [5.41, 5.74) is 0.367. The van der Waals surface area contributed by atoms with Crippen molar-refractivity contribution in [1.29, 1.82) is 0 Å². The lowest BCUT2D eigenvalue weighted by Crippen LogP contribution is -2.29. The van der Waals surface area contributed by atoms with Crippen LogP contribution in [0.2, 0.25) is 5.15 Å². The summed E-state index contributed by atoms with van der Waals surface area (Å²) in [5, 5.41) is 0.210. The van der Waals surface area contributed by atoms with E-state index in [0.29, 0.717) is 23.6 Å². The highest BCUT2D eigenvalue weighted by molar-refractivity contribution is 6.32. The van der Waals surface area contributed by atoms with Gasteiger partial charge in [0.15, 0.2) is 6.29 Å². The van der Waals surface area contributed by atoms with Gasteiger partial charge in [-0.15, -0.1) is 0 Å². The van der Waals surface area contributed by atoms with Crippen LogP contribution in [0.15, 0.2) is 6.33 Å². The SMILES string of the molecule is CCN(CC(C)C)c1ncnc(Cl)c1C=O. The molecule has 0 amide bonds. The molecule has 16 heavy (non-hydrogen) atoms. The molecule has 1 aromatic rings. The molecule has 0 saturated heterocycles. The van der Waals surface area contributed by atoms with Crippen molar-refractivity contribution in [2.24, 2.45) is 5.92 Å². The van der Waals surface area contributed by atoms with Crippen LogP contribution in [0.3, 0.4) is 0 Å². The number of rotatable bonds is 5. The van der Waals surface area contributed by atoms with E-state index in [1.54, 1.807) is 0 Å². The average Bonchev–Trinajstić information content (AvgIpc) is 2.25. The second-order valence-corrected chi connectivity index (χ2v) is 4.31. The zero-order valence-corrected chi connectivity index (χ0v) is 10.5. The van der Waals surface area contributed by atoms with Crippen LogP contribution in [0.1, 0.15) is 31.1 Å². The number of carbonyl (C=O) groups is 1. The fourth-order valence-electron chi connectivity index (χ4n) is 1.53. The standard InChI is InChI=1S/C11H16ClN3O/c1-4-15(5-8(2)3)11-9(6-16)10(12)13-7-14-11/h6-8H,4-5H2,1-3H3. The first-order chi connectivity index (χ1) is 7.60. The predicted molar refractivity (Wildman–Crippen MR) is 65.2 cm³/mol. The van der Waals surface area contributed by atoms with E-state index in [1.807, 2.05) is 11.8 Å². The van der Waals surface area contributed by atoms with E-state index in [1.165, 1.54) is 6.33 Å². The van der Waals surface area contributed by atoms with Crippen LogP contribution in [0.25, 0.3) is 0 Å². The van der Waals surface area contributed by atoms with Crippen LogP contribution in [0.4, 0.5) is 5.82 Å². The molecule has 4 nitrogen and oxygen atoms in total. The summed E-state index contributed by atoms with van der Waals surface area (Å²) in [6.07, 6.45) is 2.09. The number of halogens is 1. The Morgan fingerprint density at radius 1 is 1.50 bits per heavy atom. The summed E-state index contributed by atoms with van der Waals surface area (Å²) in [7, 11) is 0. The maximum atomic E-state index is 11.0. The number of carbonyl (C=O) groups excluding carboxylic acids is 1. The minimum Gasteiger partial charge on any atom is -0.356 e. The molecule has 0 fully saturated rings. The van der Waals surface area contributed by atoms with Crippen LogP contribution in [-0.4, -0.2) is 29.3 Å². The predicted octanol–water partition coefficient (Wildman–Crippen LogP) is 2.42. The average molecular weight is 242 g/mol. The molecular formula is C11H16ClN3O. The molecule has 0 aliphatic rings. The molecule has 0 saturated carbocycles. The molecule has 1 aromatic heterocycles. The minimum absolute atomic E-state index is 0.210. The third kappa shape index (κ3) is 2.92. The second-order valence-electron chi connectivity index (χ2n) is 3.95. The van der Waals surface area contributed by atoms with Crippen LogP contribution in [-0.2, 0) is 0 Å². The van der Waals surface area contributed by atoms with Crippen molar-refractivity contribution in [3.63, 3.8) is 0 Å². The molecule has 0 bridgehead atoms. The summed E-state index contributed by atoms with van der Waals surface area (Å²) >= 11 is 5.86. The molecule has 0 N–H and O–H groups in total. The minimum atomic E-state index is 0.210. The lowest BCUT2D eigenvalue weighted by molar-refractivity contribution is 0.112. The molecule has 5 heteroatoms. The monoisotopic (exact) mass is 241 g/mol. The van der Waals surface area contributed by atoms with Crippen molar-refractivity contribution in [3.05, 3.63) is 17.0 Å². The molecule has 1 heterocycles. The largest absolute Gasteiger partial charge is 0.356 e. The summed E-state index contributed by atoms with van der Waals surface area (Å²) in [4.78, 5) is 20.9. The van der Waals surface area contributed by atoms with Gasteiger partial charge in [-0.1, -0.05) is 25.4 Å². The summed E-state index contributed by atoms with van der Waals surface area (Å²) in [6.45, 7) is 7.88. The molecule has 1 rings (SSSR count). The highest BCUT2D eigenvalue weighted by atomic mass is 35.5. The van der Waals surface area contributed by atoms with E-state index in [9.17, 15) is 4.79 Å². The maximum Gasteiger partial charge on any atom is 0.156 e. The third-order valence-electron chi connectivity index (χ3n) is 2.20. The van der Waals surface area contributed by atoms with Crippen molar-refractivity contribution in [3.8, 4) is 0 Å². The lowest BCUT2D eigenvalue weighted by atomic mass is 10.2. The number of aldehydes is 1. The number of hydrogen-bond donors (Lipinski definition) is 0. The molecule has 0 radical (unpaired) electrons. The van der Waals surface area contributed by atoms with E-state index in [4.69, 9.17) is 11.6 Å². The van der Waals surface area contributed by atoms with Gasteiger partial charge in [0.1, 0.15) is 17.3 Å². The van der Waals surface area contributed by atoms with E-state index >= 15 is 0 Å². The van der Waals surface area contributed by atoms with Gasteiger partial charge in [0.25, 0.3) is 0 Å². The van der Waals surface area contributed by atoms with Gasteiger partial charge < -0.3 is 4.90 Å². The van der Waals surface area contributed by atoms with Gasteiger partial charge in [0, 0.05) is 13.1 Å². The quantitative estimate of drug-likeness (QED) is 0.587. The fraction of sp³-hybridized carbons (Fsp3) is 0.545. The molecule has 0 aliphatic heterocycles. The number of nitrogens with zero attached hydrogens (tertiary/aromatic N) is 3. The smallest absolute Gasteiger partial charge is 0.156 e. The highest BCUT2D eigenvalue weighted by Crippen LogP contribution is 2.21. The van der Waals surface area contributed by atoms with Crippen molar-refractivity contribution < 1.29 is 4.79 Å². The Labute approximate surface area is 101 Å². The molecule has 0 aliphatic carbocycles. The Morgan fingerprint density at radius 2 is 2.19 bits per heavy atom. The third-order valence-corrected chi connectivity index (χ3v) is 2.50. The summed E-state index contributed by atoms with van der Waals surface area (Å²) in [5.74, 6) is 1.11. The van der Waals surface area contributed by atoms with Gasteiger partial charge in [-0.3, -0.25) is 4.79 Å². The number of aromatic nitrogens is 2. The topological polar surface area (TPSA) is 46.1 Å². The van der Waals surface area contributed by atoms with Crippen molar-refractivity contribution >= 4 is 23.7 Å².